The Morgan fingerprint density at radius 3 is 2.57 bits per heavy atom. The maximum absolute atomic E-state index is 12.2. The number of imidazole rings is 1. The summed E-state index contributed by atoms with van der Waals surface area (Å²) in [4.78, 5) is 9.12. The molecule has 3 aromatic rings. The molecule has 30 heavy (non-hydrogen) atoms. The van der Waals surface area contributed by atoms with Gasteiger partial charge < -0.3 is 19.8 Å². The maximum Gasteiger partial charge on any atom is 0.422 e. The third-order valence-corrected chi connectivity index (χ3v) is 4.27. The summed E-state index contributed by atoms with van der Waals surface area (Å²) in [6.45, 7) is 4.27. The van der Waals surface area contributed by atoms with Crippen molar-refractivity contribution >= 4 is 11.6 Å². The fourth-order valence-corrected chi connectivity index (χ4v) is 2.83. The number of ether oxygens (including phenoxy) is 1. The Bertz CT molecular complexity index is 996. The molecule has 0 aliphatic heterocycles. The van der Waals surface area contributed by atoms with E-state index in [1.807, 2.05) is 42.6 Å². The predicted molar refractivity (Wildman–Crippen MR) is 110 cm³/mol. The van der Waals surface area contributed by atoms with Crippen molar-refractivity contribution in [3.05, 3.63) is 65.6 Å². The van der Waals surface area contributed by atoms with Crippen molar-refractivity contribution in [2.75, 3.05) is 13.2 Å². The first-order valence-electron chi connectivity index (χ1n) is 9.58. The largest absolute Gasteiger partial charge is 0.484 e. The second-order valence-electron chi connectivity index (χ2n) is 6.72. The van der Waals surface area contributed by atoms with Gasteiger partial charge in [0.25, 0.3) is 0 Å². The summed E-state index contributed by atoms with van der Waals surface area (Å²) in [5.74, 6) is 0.802. The molecule has 2 aromatic heterocycles. The molecule has 0 spiro atoms. The zero-order valence-electron chi connectivity index (χ0n) is 16.8. The van der Waals surface area contributed by atoms with Crippen molar-refractivity contribution in [1.82, 2.24) is 20.0 Å². The molecule has 0 aliphatic rings. The summed E-state index contributed by atoms with van der Waals surface area (Å²) in [5, 5.41) is 6.42. The number of alkyl halides is 3. The minimum absolute atomic E-state index is 0.173. The van der Waals surface area contributed by atoms with Crippen LogP contribution < -0.4 is 15.4 Å². The number of benzene rings is 1. The van der Waals surface area contributed by atoms with Crippen molar-refractivity contribution in [2.24, 2.45) is 4.99 Å². The standard InChI is InChI=1S/C21H24F3N5O/c1-3-25-20(27-12-17-13-29-15(2)5-4-6-19(29)28-17)26-11-16-7-9-18(10-8-16)30-14-21(22,23)24/h4-10,13H,3,11-12,14H2,1-2H3,(H2,25,26,27). The number of aliphatic imine (C=N–C) groups is 1. The molecule has 0 saturated carbocycles. The topological polar surface area (TPSA) is 63.0 Å². The van der Waals surface area contributed by atoms with Gasteiger partial charge in [-0.15, -0.1) is 0 Å². The minimum Gasteiger partial charge on any atom is -0.484 e. The lowest BCUT2D eigenvalue weighted by molar-refractivity contribution is -0.153. The number of halogens is 3. The Morgan fingerprint density at radius 2 is 1.90 bits per heavy atom. The van der Waals surface area contributed by atoms with Crippen molar-refractivity contribution in [2.45, 2.75) is 33.1 Å². The van der Waals surface area contributed by atoms with Crippen LogP contribution in [0.4, 0.5) is 13.2 Å². The molecular weight excluding hydrogens is 395 g/mol. The summed E-state index contributed by atoms with van der Waals surface area (Å²) in [7, 11) is 0. The number of hydrogen-bond donors (Lipinski definition) is 2. The Morgan fingerprint density at radius 1 is 1.13 bits per heavy atom. The Labute approximate surface area is 172 Å². The van der Waals surface area contributed by atoms with Crippen LogP contribution in [0.5, 0.6) is 5.75 Å². The molecule has 2 N–H and O–H groups in total. The highest BCUT2D eigenvalue weighted by atomic mass is 19.4. The van der Waals surface area contributed by atoms with Crippen LogP contribution in [0, 0.1) is 6.92 Å². The monoisotopic (exact) mass is 419 g/mol. The van der Waals surface area contributed by atoms with E-state index >= 15 is 0 Å². The lowest BCUT2D eigenvalue weighted by atomic mass is 10.2. The van der Waals surface area contributed by atoms with Crippen molar-refractivity contribution in [3.63, 3.8) is 0 Å². The molecule has 0 fully saturated rings. The Kier molecular flexibility index (Phi) is 6.81. The van der Waals surface area contributed by atoms with E-state index < -0.39 is 12.8 Å². The van der Waals surface area contributed by atoms with E-state index in [1.54, 1.807) is 12.1 Å². The fourth-order valence-electron chi connectivity index (χ4n) is 2.83. The molecule has 0 amide bonds. The highest BCUT2D eigenvalue weighted by Crippen LogP contribution is 2.19. The van der Waals surface area contributed by atoms with E-state index in [0.29, 0.717) is 25.6 Å². The van der Waals surface area contributed by atoms with Gasteiger partial charge in [0, 0.05) is 18.4 Å². The zero-order valence-corrected chi connectivity index (χ0v) is 16.8. The molecule has 1 aromatic carbocycles. The molecule has 0 bridgehead atoms. The minimum atomic E-state index is -4.35. The third-order valence-electron chi connectivity index (χ3n) is 4.27. The van der Waals surface area contributed by atoms with Gasteiger partial charge >= 0.3 is 6.18 Å². The first-order chi connectivity index (χ1) is 14.3. The van der Waals surface area contributed by atoms with Crippen LogP contribution >= 0.6 is 0 Å². The first-order valence-corrected chi connectivity index (χ1v) is 9.58. The van der Waals surface area contributed by atoms with Crippen molar-refractivity contribution in [1.29, 1.82) is 0 Å². The molecule has 0 unspecified atom stereocenters. The number of nitrogens with one attached hydrogen (secondary N) is 2. The first kappa shape index (κ1) is 21.5. The molecular formula is C21H24F3N5O. The fraction of sp³-hybridized carbons (Fsp3) is 0.333. The number of nitrogens with zero attached hydrogens (tertiary/aromatic N) is 3. The molecule has 160 valence electrons. The average Bonchev–Trinajstić information content (AvgIpc) is 3.13. The lowest BCUT2D eigenvalue weighted by Crippen LogP contribution is -2.36. The van der Waals surface area contributed by atoms with Gasteiger partial charge in [0.15, 0.2) is 12.6 Å². The zero-order chi connectivity index (χ0) is 21.6. The summed E-state index contributed by atoms with van der Waals surface area (Å²) in [6.07, 6.45) is -2.37. The molecule has 0 saturated heterocycles. The number of hydrogen-bond acceptors (Lipinski definition) is 3. The van der Waals surface area contributed by atoms with Gasteiger partial charge in [-0.1, -0.05) is 18.2 Å². The smallest absolute Gasteiger partial charge is 0.422 e. The van der Waals surface area contributed by atoms with E-state index in [-0.39, 0.29) is 5.75 Å². The number of guanidine groups is 1. The molecule has 0 aliphatic carbocycles. The quantitative estimate of drug-likeness (QED) is 0.451. The van der Waals surface area contributed by atoms with E-state index in [2.05, 4.69) is 20.6 Å². The average molecular weight is 419 g/mol. The second kappa shape index (κ2) is 9.51. The van der Waals surface area contributed by atoms with Crippen LogP contribution in [0.3, 0.4) is 0 Å². The van der Waals surface area contributed by atoms with Crippen molar-refractivity contribution in [3.8, 4) is 5.75 Å². The predicted octanol–water partition coefficient (Wildman–Crippen LogP) is 3.84. The van der Waals surface area contributed by atoms with Gasteiger partial charge in [-0.3, -0.25) is 0 Å². The summed E-state index contributed by atoms with van der Waals surface area (Å²) in [6, 6.07) is 12.4. The van der Waals surface area contributed by atoms with Gasteiger partial charge in [-0.05, 0) is 43.7 Å². The van der Waals surface area contributed by atoms with Gasteiger partial charge in [0.2, 0.25) is 0 Å². The normalized spacial score (nSPS) is 12.2. The highest BCUT2D eigenvalue weighted by Gasteiger charge is 2.28. The van der Waals surface area contributed by atoms with Crippen LogP contribution in [0.15, 0.2) is 53.7 Å². The number of aromatic nitrogens is 2. The summed E-state index contributed by atoms with van der Waals surface area (Å²) >= 11 is 0. The molecule has 9 heteroatoms. The third kappa shape index (κ3) is 6.13. The molecule has 3 rings (SSSR count). The molecule has 0 atom stereocenters. The lowest BCUT2D eigenvalue weighted by Gasteiger charge is -2.11. The van der Waals surface area contributed by atoms with E-state index in [0.717, 1.165) is 22.6 Å². The van der Waals surface area contributed by atoms with Crippen LogP contribution in [0.2, 0.25) is 0 Å². The highest BCUT2D eigenvalue weighted by molar-refractivity contribution is 5.79. The maximum atomic E-state index is 12.2. The Hall–Kier alpha value is -3.23. The van der Waals surface area contributed by atoms with E-state index in [4.69, 9.17) is 4.74 Å². The Balaban J connectivity index is 1.59. The van der Waals surface area contributed by atoms with Crippen LogP contribution in [0.25, 0.3) is 5.65 Å². The van der Waals surface area contributed by atoms with Gasteiger partial charge in [-0.2, -0.15) is 13.2 Å². The summed E-state index contributed by atoms with van der Waals surface area (Å²) < 4.78 is 43.4. The molecule has 0 radical (unpaired) electrons. The number of aryl methyl sites for hydroxylation is 1. The van der Waals surface area contributed by atoms with Gasteiger partial charge in [0.1, 0.15) is 11.4 Å². The number of rotatable bonds is 7. The second-order valence-corrected chi connectivity index (χ2v) is 6.72. The van der Waals surface area contributed by atoms with Crippen LogP contribution in [-0.4, -0.2) is 34.7 Å². The van der Waals surface area contributed by atoms with Crippen molar-refractivity contribution < 1.29 is 17.9 Å². The van der Waals surface area contributed by atoms with Gasteiger partial charge in [0.05, 0.1) is 18.8 Å². The van der Waals surface area contributed by atoms with Gasteiger partial charge in [-0.25, -0.2) is 9.98 Å². The molecule has 6 nitrogen and oxygen atoms in total. The number of fused-ring (bicyclic) bond motifs is 1. The van der Waals surface area contributed by atoms with E-state index in [1.165, 1.54) is 12.1 Å². The van der Waals surface area contributed by atoms with Crippen LogP contribution in [0.1, 0.15) is 23.9 Å². The SMILES string of the molecule is CCNC(=NCc1ccc(OCC(F)(F)F)cc1)NCc1cn2c(C)cccc2n1. The summed E-state index contributed by atoms with van der Waals surface area (Å²) in [5.41, 5.74) is 3.74. The number of pyridine rings is 1. The molecule has 2 heterocycles. The van der Waals surface area contributed by atoms with E-state index in [9.17, 15) is 13.2 Å². The van der Waals surface area contributed by atoms with Crippen LogP contribution in [-0.2, 0) is 13.1 Å².